The molecule has 0 aliphatic heterocycles. The molecule has 0 saturated heterocycles. The highest BCUT2D eigenvalue weighted by atomic mass is 31.1. The lowest BCUT2D eigenvalue weighted by Gasteiger charge is -2.29. The topological polar surface area (TPSA) is 104 Å². The van der Waals surface area contributed by atoms with Gasteiger partial charge in [0.2, 0.25) is 0 Å². The maximum absolute atomic E-state index is 14.7. The fraction of sp³-hybridized carbons (Fsp3) is 0.353. The van der Waals surface area contributed by atoms with Crippen molar-refractivity contribution < 1.29 is 14.0 Å². The smallest absolute Gasteiger partial charge is 0.250 e. The Bertz CT molecular complexity index is 932. The van der Waals surface area contributed by atoms with Crippen molar-refractivity contribution in [3.05, 3.63) is 40.7 Å². The first-order chi connectivity index (χ1) is 11.9. The van der Waals surface area contributed by atoms with E-state index in [9.17, 15) is 14.0 Å². The number of amides is 1. The first kappa shape index (κ1) is 18.9. The van der Waals surface area contributed by atoms with Crippen molar-refractivity contribution in [3.8, 4) is 5.69 Å². The van der Waals surface area contributed by atoms with Gasteiger partial charge in [-0.25, -0.2) is 9.07 Å². The summed E-state index contributed by atoms with van der Waals surface area (Å²) in [6.07, 6.45) is 0.886. The third kappa shape index (κ3) is 3.26. The summed E-state index contributed by atoms with van der Waals surface area (Å²) in [7, 11) is 4.11. The zero-order valence-corrected chi connectivity index (χ0v) is 16.9. The summed E-state index contributed by atoms with van der Waals surface area (Å²) in [6, 6.07) is 4.68. The van der Waals surface area contributed by atoms with Crippen molar-refractivity contribution in [1.29, 1.82) is 0 Å². The van der Waals surface area contributed by atoms with E-state index in [1.807, 2.05) is 13.8 Å². The minimum Gasteiger partial charge on any atom is -0.398 e. The maximum atomic E-state index is 14.7. The van der Waals surface area contributed by atoms with Crippen LogP contribution in [0.3, 0.4) is 0 Å². The molecule has 1 amide bonds. The quantitative estimate of drug-likeness (QED) is 0.617. The van der Waals surface area contributed by atoms with Gasteiger partial charge in [0.1, 0.15) is 5.69 Å². The number of anilines is 1. The maximum Gasteiger partial charge on any atom is 0.250 e. The van der Waals surface area contributed by atoms with Crippen LogP contribution < -0.4 is 11.5 Å². The normalized spacial score (nSPS) is 16.4. The number of rotatable bonds is 3. The Morgan fingerprint density at radius 1 is 1.35 bits per heavy atom. The number of ketones is 1. The van der Waals surface area contributed by atoms with E-state index in [1.54, 1.807) is 12.1 Å². The highest BCUT2D eigenvalue weighted by molar-refractivity contribution is 7.38. The van der Waals surface area contributed by atoms with Gasteiger partial charge < -0.3 is 11.5 Å². The standard InChI is InChI=1S/C17H21FN4O2P2/c1-16(2)6-11-13(12(23)7-16)14(17(18,25)26)21-22(11)8-3-4-9(15(20)24)10(19)5-8/h3-5H,6-7,19,25-26H2,1-2H3,(H2,20,24). The fourth-order valence-electron chi connectivity index (χ4n) is 3.34. The Morgan fingerprint density at radius 2 is 2.00 bits per heavy atom. The number of carbonyl (C=O) groups excluding carboxylic acids is 2. The molecule has 0 fully saturated rings. The molecule has 3 rings (SSSR count). The fourth-order valence-corrected chi connectivity index (χ4v) is 3.74. The molecule has 1 aromatic carbocycles. The van der Waals surface area contributed by atoms with Gasteiger partial charge in [0, 0.05) is 12.1 Å². The van der Waals surface area contributed by atoms with Gasteiger partial charge in [0.15, 0.2) is 10.9 Å². The van der Waals surface area contributed by atoms with Gasteiger partial charge in [-0.15, -0.1) is 0 Å². The number of aromatic nitrogens is 2. The van der Waals surface area contributed by atoms with E-state index in [0.29, 0.717) is 29.8 Å². The predicted octanol–water partition coefficient (Wildman–Crippen LogP) is 2.54. The number of halogens is 1. The molecule has 138 valence electrons. The van der Waals surface area contributed by atoms with Crippen LogP contribution in [0.4, 0.5) is 10.1 Å². The Kier molecular flexibility index (Phi) is 4.45. The number of nitrogens with zero attached hydrogens (tertiary/aromatic N) is 2. The van der Waals surface area contributed by atoms with Gasteiger partial charge in [0.05, 0.1) is 22.5 Å². The monoisotopic (exact) mass is 394 g/mol. The van der Waals surface area contributed by atoms with Crippen molar-refractivity contribution in [1.82, 2.24) is 9.78 Å². The molecule has 0 radical (unpaired) electrons. The van der Waals surface area contributed by atoms with Crippen LogP contribution in [0, 0.1) is 5.41 Å². The minimum atomic E-state index is -1.93. The summed E-state index contributed by atoms with van der Waals surface area (Å²) in [5.41, 5.74) is 12.9. The molecule has 1 aromatic heterocycles. The molecule has 1 heterocycles. The van der Waals surface area contributed by atoms with Gasteiger partial charge in [-0.2, -0.15) is 5.10 Å². The molecule has 6 nitrogen and oxygen atoms in total. The summed E-state index contributed by atoms with van der Waals surface area (Å²) >= 11 is 0. The van der Waals surface area contributed by atoms with Crippen LogP contribution in [-0.4, -0.2) is 21.5 Å². The Balaban J connectivity index is 2.25. The number of primary amides is 1. The van der Waals surface area contributed by atoms with E-state index in [4.69, 9.17) is 11.5 Å². The second-order valence-corrected chi connectivity index (χ2v) is 9.77. The molecule has 4 N–H and O–H groups in total. The zero-order valence-electron chi connectivity index (χ0n) is 14.5. The van der Waals surface area contributed by atoms with E-state index in [2.05, 4.69) is 23.6 Å². The molecule has 1 aliphatic rings. The van der Waals surface area contributed by atoms with Crippen LogP contribution in [0.5, 0.6) is 0 Å². The number of carbonyl (C=O) groups is 2. The van der Waals surface area contributed by atoms with E-state index in [1.165, 1.54) is 10.7 Å². The van der Waals surface area contributed by atoms with Crippen LogP contribution >= 0.6 is 18.5 Å². The molecule has 0 saturated carbocycles. The van der Waals surface area contributed by atoms with Gasteiger partial charge >= 0.3 is 0 Å². The number of hydrogen-bond donors (Lipinski definition) is 2. The highest BCUT2D eigenvalue weighted by Crippen LogP contribution is 2.46. The Labute approximate surface area is 155 Å². The minimum absolute atomic E-state index is 0.0561. The van der Waals surface area contributed by atoms with E-state index < -0.39 is 11.1 Å². The van der Waals surface area contributed by atoms with Crippen molar-refractivity contribution in [2.45, 2.75) is 31.8 Å². The Morgan fingerprint density at radius 3 is 2.54 bits per heavy atom. The molecular weight excluding hydrogens is 373 g/mol. The number of nitrogens with two attached hydrogens (primary N) is 2. The summed E-state index contributed by atoms with van der Waals surface area (Å²) in [5, 5.41) is 2.45. The number of nitrogen functional groups attached to an aromatic ring is 1. The first-order valence-electron chi connectivity index (χ1n) is 8.02. The second kappa shape index (κ2) is 6.11. The second-order valence-electron chi connectivity index (χ2n) is 7.43. The molecule has 2 aromatic rings. The molecule has 26 heavy (non-hydrogen) atoms. The number of benzene rings is 1. The molecule has 2 unspecified atom stereocenters. The lowest BCUT2D eigenvalue weighted by atomic mass is 9.75. The van der Waals surface area contributed by atoms with Crippen molar-refractivity contribution in [2.24, 2.45) is 11.1 Å². The predicted molar refractivity (Wildman–Crippen MR) is 105 cm³/mol. The van der Waals surface area contributed by atoms with Crippen molar-refractivity contribution in [2.75, 3.05) is 5.73 Å². The summed E-state index contributed by atoms with van der Waals surface area (Å²) < 4.78 is 16.2. The SMILES string of the molecule is CC1(C)CC(=O)c2c(C(F)(P)P)nn(-c3ccc(C(N)=O)c(N)c3)c2C1. The number of hydrogen-bond acceptors (Lipinski definition) is 4. The summed E-state index contributed by atoms with van der Waals surface area (Å²) in [4.78, 5) is 24.1. The number of fused-ring (bicyclic) bond motifs is 1. The third-order valence-corrected chi connectivity index (χ3v) is 5.00. The zero-order chi connectivity index (χ0) is 19.4. The average Bonchev–Trinajstić information content (AvgIpc) is 2.84. The van der Waals surface area contributed by atoms with Gasteiger partial charge in [0.25, 0.3) is 5.91 Å². The summed E-state index contributed by atoms with van der Waals surface area (Å²) in [5.74, 6) is -0.766. The third-order valence-electron chi connectivity index (χ3n) is 4.45. The number of Topliss-reactive ketones (excluding diaryl/α,β-unsaturated/α-hetero) is 1. The van der Waals surface area contributed by atoms with Gasteiger partial charge in [-0.05, 0) is 30.0 Å². The van der Waals surface area contributed by atoms with Crippen LogP contribution in [0.1, 0.15) is 52.4 Å². The molecule has 9 heteroatoms. The summed E-state index contributed by atoms with van der Waals surface area (Å²) in [6.45, 7) is 3.97. The molecule has 2 atom stereocenters. The average molecular weight is 394 g/mol. The molecule has 0 spiro atoms. The lowest BCUT2D eigenvalue weighted by Crippen LogP contribution is -2.28. The largest absolute Gasteiger partial charge is 0.398 e. The molecule has 0 bridgehead atoms. The van der Waals surface area contributed by atoms with Crippen molar-refractivity contribution >= 4 is 35.9 Å². The van der Waals surface area contributed by atoms with Crippen LogP contribution in [-0.2, 0) is 11.6 Å². The van der Waals surface area contributed by atoms with Gasteiger partial charge in [-0.3, -0.25) is 9.59 Å². The first-order valence-corrected chi connectivity index (χ1v) is 9.18. The highest BCUT2D eigenvalue weighted by Gasteiger charge is 2.40. The molecule has 1 aliphatic carbocycles. The van der Waals surface area contributed by atoms with Crippen LogP contribution in [0.15, 0.2) is 18.2 Å². The van der Waals surface area contributed by atoms with Gasteiger partial charge in [-0.1, -0.05) is 32.3 Å². The van der Waals surface area contributed by atoms with E-state index in [-0.39, 0.29) is 28.1 Å². The van der Waals surface area contributed by atoms with Crippen LogP contribution in [0.25, 0.3) is 5.69 Å². The van der Waals surface area contributed by atoms with Crippen molar-refractivity contribution in [3.63, 3.8) is 0 Å². The van der Waals surface area contributed by atoms with E-state index in [0.717, 1.165) is 0 Å². The lowest BCUT2D eigenvalue weighted by molar-refractivity contribution is 0.0907. The molecular formula is C17H21FN4O2P2. The number of alkyl halides is 1. The van der Waals surface area contributed by atoms with Crippen LogP contribution in [0.2, 0.25) is 0 Å². The van der Waals surface area contributed by atoms with E-state index >= 15 is 0 Å². The Hall–Kier alpha value is -1.84.